The van der Waals surface area contributed by atoms with Gasteiger partial charge in [-0.15, -0.1) is 0 Å². The minimum absolute atomic E-state index is 0.0830. The van der Waals surface area contributed by atoms with Crippen LogP contribution in [0.15, 0.2) is 0 Å². The molecule has 0 spiro atoms. The van der Waals surface area contributed by atoms with Crippen molar-refractivity contribution in [1.82, 2.24) is 0 Å². The number of hydrogen-bond acceptors (Lipinski definition) is 2. The van der Waals surface area contributed by atoms with Crippen molar-refractivity contribution in [3.8, 4) is 0 Å². The van der Waals surface area contributed by atoms with E-state index in [9.17, 15) is 4.79 Å². The summed E-state index contributed by atoms with van der Waals surface area (Å²) in [4.78, 5) is 11.1. The fourth-order valence-electron chi connectivity index (χ4n) is 3.25. The van der Waals surface area contributed by atoms with Gasteiger partial charge in [-0.25, -0.2) is 0 Å². The summed E-state index contributed by atoms with van der Waals surface area (Å²) in [6.07, 6.45) is 18.3. The summed E-state index contributed by atoms with van der Waals surface area (Å²) in [5.74, 6) is -0.0830. The first-order valence-electron chi connectivity index (χ1n) is 10.4. The standard InChI is InChI=1S/C21H44NO2/c1-5-6-7-8-9-10-11-12-13-14-15-16-19-22(2,3)20-17-18-21(23)24-4/h5-20H2,1-4H3/q+1. The Morgan fingerprint density at radius 3 is 1.58 bits per heavy atom. The first-order valence-corrected chi connectivity index (χ1v) is 10.4. The maximum Gasteiger partial charge on any atom is 0.305 e. The number of nitrogens with zero attached hydrogens (tertiary/aromatic N) is 1. The van der Waals surface area contributed by atoms with Crippen LogP contribution in [0.1, 0.15) is 96.8 Å². The minimum Gasteiger partial charge on any atom is -0.469 e. The maximum atomic E-state index is 11.1. The summed E-state index contributed by atoms with van der Waals surface area (Å²) in [5, 5.41) is 0. The largest absolute Gasteiger partial charge is 0.469 e. The van der Waals surface area contributed by atoms with E-state index in [2.05, 4.69) is 21.0 Å². The van der Waals surface area contributed by atoms with Crippen LogP contribution >= 0.6 is 0 Å². The highest BCUT2D eigenvalue weighted by molar-refractivity contribution is 5.68. The van der Waals surface area contributed by atoms with Gasteiger partial charge in [-0.1, -0.05) is 71.1 Å². The Kier molecular flexibility index (Phi) is 15.6. The number of esters is 1. The van der Waals surface area contributed by atoms with E-state index in [0.29, 0.717) is 6.42 Å². The third-order valence-electron chi connectivity index (χ3n) is 4.99. The van der Waals surface area contributed by atoms with E-state index in [0.717, 1.165) is 17.4 Å². The normalized spacial score (nSPS) is 11.7. The van der Waals surface area contributed by atoms with Crippen molar-refractivity contribution >= 4 is 5.97 Å². The fourth-order valence-corrected chi connectivity index (χ4v) is 3.25. The van der Waals surface area contributed by atoms with Gasteiger partial charge >= 0.3 is 5.97 Å². The topological polar surface area (TPSA) is 26.3 Å². The first kappa shape index (κ1) is 23.4. The number of hydrogen-bond donors (Lipinski definition) is 0. The summed E-state index contributed by atoms with van der Waals surface area (Å²) in [6.45, 7) is 4.56. The molecule has 0 aromatic carbocycles. The Morgan fingerprint density at radius 1 is 0.708 bits per heavy atom. The molecule has 0 unspecified atom stereocenters. The van der Waals surface area contributed by atoms with Gasteiger partial charge in [0.25, 0.3) is 0 Å². The number of methoxy groups -OCH3 is 1. The molecule has 0 aromatic rings. The second-order valence-corrected chi connectivity index (χ2v) is 7.95. The molecule has 0 aliphatic rings. The number of carbonyl (C=O) groups is 1. The summed E-state index contributed by atoms with van der Waals surface area (Å²) < 4.78 is 5.72. The van der Waals surface area contributed by atoms with Gasteiger partial charge in [0.15, 0.2) is 0 Å². The minimum atomic E-state index is -0.0830. The molecule has 3 heteroatoms. The molecule has 0 amide bonds. The number of ether oxygens (including phenoxy) is 1. The van der Waals surface area contributed by atoms with Gasteiger partial charge in [0.2, 0.25) is 0 Å². The molecule has 0 aromatic heterocycles. The number of quaternary nitrogens is 1. The predicted octanol–water partition coefficient (Wildman–Crippen LogP) is 5.72. The SMILES string of the molecule is CCCCCCCCCCCCCC[N+](C)(C)CCCC(=O)OC. The highest BCUT2D eigenvalue weighted by Crippen LogP contribution is 2.13. The Balaban J connectivity index is 3.34. The lowest BCUT2D eigenvalue weighted by molar-refractivity contribution is -0.890. The van der Waals surface area contributed by atoms with Crippen molar-refractivity contribution in [1.29, 1.82) is 0 Å². The van der Waals surface area contributed by atoms with Crippen LogP contribution in [0.3, 0.4) is 0 Å². The molecule has 0 saturated heterocycles. The Bertz CT molecular complexity index is 290. The van der Waals surface area contributed by atoms with Crippen LogP contribution in [-0.2, 0) is 9.53 Å². The molecule has 0 aliphatic heterocycles. The van der Waals surface area contributed by atoms with E-state index in [1.165, 1.54) is 90.7 Å². The zero-order valence-corrected chi connectivity index (χ0v) is 17.1. The van der Waals surface area contributed by atoms with Gasteiger partial charge in [-0.3, -0.25) is 4.79 Å². The zero-order chi connectivity index (χ0) is 18.1. The van der Waals surface area contributed by atoms with Crippen molar-refractivity contribution in [2.75, 3.05) is 34.3 Å². The van der Waals surface area contributed by atoms with Gasteiger partial charge in [0.1, 0.15) is 0 Å². The number of rotatable bonds is 17. The highest BCUT2D eigenvalue weighted by atomic mass is 16.5. The Labute approximate surface area is 151 Å². The summed E-state index contributed by atoms with van der Waals surface area (Å²) in [7, 11) is 6.01. The second-order valence-electron chi connectivity index (χ2n) is 7.95. The average molecular weight is 343 g/mol. The average Bonchev–Trinajstić information content (AvgIpc) is 2.55. The van der Waals surface area contributed by atoms with E-state index >= 15 is 0 Å². The van der Waals surface area contributed by atoms with Crippen LogP contribution in [-0.4, -0.2) is 44.7 Å². The van der Waals surface area contributed by atoms with Crippen molar-refractivity contribution in [3.63, 3.8) is 0 Å². The molecule has 24 heavy (non-hydrogen) atoms. The molecule has 0 rings (SSSR count). The van der Waals surface area contributed by atoms with E-state index in [-0.39, 0.29) is 5.97 Å². The van der Waals surface area contributed by atoms with Crippen LogP contribution in [0, 0.1) is 0 Å². The summed E-state index contributed by atoms with van der Waals surface area (Å²) in [5.41, 5.74) is 0. The molecule has 0 radical (unpaired) electrons. The molecule has 0 saturated carbocycles. The lowest BCUT2D eigenvalue weighted by Crippen LogP contribution is -2.41. The van der Waals surface area contributed by atoms with Gasteiger partial charge < -0.3 is 9.22 Å². The molecule has 0 aliphatic carbocycles. The van der Waals surface area contributed by atoms with Gasteiger partial charge in [-0.2, -0.15) is 0 Å². The first-order chi connectivity index (χ1) is 11.5. The molecular formula is C21H44NO2+. The third-order valence-corrected chi connectivity index (χ3v) is 4.99. The van der Waals surface area contributed by atoms with Crippen molar-refractivity contribution < 1.29 is 14.0 Å². The lowest BCUT2D eigenvalue weighted by atomic mass is 10.1. The van der Waals surface area contributed by atoms with Crippen molar-refractivity contribution in [2.24, 2.45) is 0 Å². The van der Waals surface area contributed by atoms with Crippen LogP contribution < -0.4 is 0 Å². The third kappa shape index (κ3) is 16.3. The smallest absolute Gasteiger partial charge is 0.305 e. The predicted molar refractivity (Wildman–Crippen MR) is 104 cm³/mol. The van der Waals surface area contributed by atoms with Gasteiger partial charge in [0.05, 0.1) is 40.7 Å². The second kappa shape index (κ2) is 15.9. The van der Waals surface area contributed by atoms with E-state index in [1.807, 2.05) is 0 Å². The van der Waals surface area contributed by atoms with Crippen LogP contribution in [0.25, 0.3) is 0 Å². The molecule has 3 nitrogen and oxygen atoms in total. The van der Waals surface area contributed by atoms with E-state index < -0.39 is 0 Å². The molecule has 0 bridgehead atoms. The molecule has 144 valence electrons. The molecule has 0 N–H and O–H groups in total. The van der Waals surface area contributed by atoms with E-state index in [4.69, 9.17) is 4.74 Å². The van der Waals surface area contributed by atoms with Crippen LogP contribution in [0.5, 0.6) is 0 Å². The zero-order valence-electron chi connectivity index (χ0n) is 17.1. The van der Waals surface area contributed by atoms with Crippen molar-refractivity contribution in [3.05, 3.63) is 0 Å². The van der Waals surface area contributed by atoms with Gasteiger partial charge in [0, 0.05) is 6.42 Å². The van der Waals surface area contributed by atoms with Gasteiger partial charge in [-0.05, 0) is 12.8 Å². The molecular weight excluding hydrogens is 298 g/mol. The maximum absolute atomic E-state index is 11.1. The molecule has 0 fully saturated rings. The Hall–Kier alpha value is -0.570. The molecule has 0 atom stereocenters. The Morgan fingerprint density at radius 2 is 1.12 bits per heavy atom. The quantitative estimate of drug-likeness (QED) is 0.192. The number of carbonyl (C=O) groups excluding carboxylic acids is 1. The highest BCUT2D eigenvalue weighted by Gasteiger charge is 2.14. The fraction of sp³-hybridized carbons (Fsp3) is 0.952. The summed E-state index contributed by atoms with van der Waals surface area (Å²) >= 11 is 0. The van der Waals surface area contributed by atoms with E-state index in [1.54, 1.807) is 0 Å². The van der Waals surface area contributed by atoms with Crippen LogP contribution in [0.4, 0.5) is 0 Å². The van der Waals surface area contributed by atoms with Crippen molar-refractivity contribution in [2.45, 2.75) is 96.8 Å². The lowest BCUT2D eigenvalue weighted by Gasteiger charge is -2.29. The summed E-state index contributed by atoms with van der Waals surface area (Å²) in [6, 6.07) is 0. The number of unbranched alkanes of at least 4 members (excludes halogenated alkanes) is 11. The molecule has 0 heterocycles. The van der Waals surface area contributed by atoms with Crippen LogP contribution in [0.2, 0.25) is 0 Å². The monoisotopic (exact) mass is 342 g/mol.